The van der Waals surface area contributed by atoms with Crippen LogP contribution >= 0.6 is 11.3 Å². The van der Waals surface area contributed by atoms with E-state index in [0.717, 1.165) is 35.7 Å². The Bertz CT molecular complexity index is 1500. The van der Waals surface area contributed by atoms with Crippen molar-refractivity contribution in [3.63, 3.8) is 0 Å². The lowest BCUT2D eigenvalue weighted by Gasteiger charge is -2.28. The van der Waals surface area contributed by atoms with Gasteiger partial charge in [-0.2, -0.15) is 5.26 Å². The number of ether oxygens (including phenoxy) is 2. The normalized spacial score (nSPS) is 13.2. The topological polar surface area (TPSA) is 152 Å². The van der Waals surface area contributed by atoms with Crippen LogP contribution in [-0.2, 0) is 11.3 Å². The van der Waals surface area contributed by atoms with Gasteiger partial charge < -0.3 is 23.9 Å². The number of hydrogen-bond acceptors (Lipinski definition) is 10. The number of morpholine rings is 1. The number of aromatic nitrogens is 1. The Morgan fingerprint density at radius 1 is 1.18 bits per heavy atom. The summed E-state index contributed by atoms with van der Waals surface area (Å²) in [6.45, 7) is 2.57. The zero-order valence-corrected chi connectivity index (χ0v) is 20.6. The number of nitro groups is 1. The molecule has 192 valence electrons. The summed E-state index contributed by atoms with van der Waals surface area (Å²) in [6.07, 6.45) is 1.36. The number of carboxylic acids is 1. The highest BCUT2D eigenvalue weighted by Gasteiger charge is 2.26. The number of carboxylic acid groups (broad SMARTS) is 1. The molecule has 1 aliphatic rings. The van der Waals surface area contributed by atoms with Crippen LogP contribution in [0.3, 0.4) is 0 Å². The monoisotopic (exact) mass is 532 g/mol. The van der Waals surface area contributed by atoms with Crippen LogP contribution in [0.2, 0.25) is 0 Å². The first-order valence-electron chi connectivity index (χ1n) is 11.5. The number of hydrogen-bond donors (Lipinski definition) is 1. The Morgan fingerprint density at radius 3 is 2.63 bits per heavy atom. The third-order valence-electron chi connectivity index (χ3n) is 6.07. The lowest BCUT2D eigenvalue weighted by molar-refractivity contribution is -0.385. The smallest absolute Gasteiger partial charge is 0.346 e. The molecule has 5 rings (SSSR count). The van der Waals surface area contributed by atoms with Gasteiger partial charge in [0.2, 0.25) is 11.6 Å². The van der Waals surface area contributed by atoms with Gasteiger partial charge in [0.05, 0.1) is 41.0 Å². The van der Waals surface area contributed by atoms with Crippen LogP contribution in [0.5, 0.6) is 5.88 Å². The van der Waals surface area contributed by atoms with E-state index in [1.165, 1.54) is 11.6 Å². The highest BCUT2D eigenvalue weighted by Crippen LogP contribution is 2.36. The van der Waals surface area contributed by atoms with E-state index in [-0.39, 0.29) is 27.8 Å². The second-order valence-corrected chi connectivity index (χ2v) is 9.13. The number of nitrogens with zero attached hydrogens (tertiary/aromatic N) is 4. The van der Waals surface area contributed by atoms with E-state index in [1.807, 2.05) is 30.3 Å². The number of thiophene rings is 1. The summed E-state index contributed by atoms with van der Waals surface area (Å²) in [5.41, 5.74) is 2.89. The summed E-state index contributed by atoms with van der Waals surface area (Å²) < 4.78 is 16.6. The summed E-state index contributed by atoms with van der Waals surface area (Å²) in [5.74, 6) is -1.16. The average molecular weight is 533 g/mol. The molecule has 11 nitrogen and oxygen atoms in total. The summed E-state index contributed by atoms with van der Waals surface area (Å²) >= 11 is 0.757. The highest BCUT2D eigenvalue weighted by atomic mass is 32.1. The van der Waals surface area contributed by atoms with E-state index in [2.05, 4.69) is 9.88 Å². The van der Waals surface area contributed by atoms with Gasteiger partial charge in [0.15, 0.2) is 0 Å². The summed E-state index contributed by atoms with van der Waals surface area (Å²) in [5, 5.41) is 31.6. The standard InChI is InChI=1S/C26H20N4O7S/c27-13-23-18(7-10-36-23)19-5-6-21(16-1-3-17(4-2-16)29-8-11-35-12-9-29)28-25(19)37-14-20-22(30(33)34)15-38-24(20)26(31)32/h1-7,10,15H,8-9,11-12,14H2,(H,31,32). The average Bonchev–Trinajstić information content (AvgIpc) is 3.60. The van der Waals surface area contributed by atoms with Crippen molar-refractivity contribution < 1.29 is 28.7 Å². The molecule has 1 N–H and O–H groups in total. The molecule has 0 amide bonds. The van der Waals surface area contributed by atoms with Crippen molar-refractivity contribution in [2.75, 3.05) is 31.2 Å². The number of benzene rings is 1. The molecular weight excluding hydrogens is 512 g/mol. The quantitative estimate of drug-likeness (QED) is 0.243. The van der Waals surface area contributed by atoms with Gasteiger partial charge in [-0.25, -0.2) is 9.78 Å². The maximum absolute atomic E-state index is 11.6. The van der Waals surface area contributed by atoms with Crippen molar-refractivity contribution in [2.24, 2.45) is 0 Å². The Morgan fingerprint density at radius 2 is 1.95 bits per heavy atom. The van der Waals surface area contributed by atoms with Crippen LogP contribution in [0, 0.1) is 21.4 Å². The molecule has 0 spiro atoms. The van der Waals surface area contributed by atoms with E-state index in [9.17, 15) is 25.3 Å². The summed E-state index contributed by atoms with van der Waals surface area (Å²) in [4.78, 5) is 29.2. The lowest BCUT2D eigenvalue weighted by Crippen LogP contribution is -2.36. The number of carbonyl (C=O) groups is 1. The van der Waals surface area contributed by atoms with Crippen LogP contribution < -0.4 is 9.64 Å². The maximum atomic E-state index is 11.6. The Hall–Kier alpha value is -4.73. The number of pyridine rings is 1. The first-order valence-corrected chi connectivity index (χ1v) is 12.4. The Labute approximate surface area is 220 Å². The van der Waals surface area contributed by atoms with Crippen molar-refractivity contribution in [3.8, 4) is 34.3 Å². The Balaban J connectivity index is 1.50. The van der Waals surface area contributed by atoms with Gasteiger partial charge in [0.25, 0.3) is 5.69 Å². The van der Waals surface area contributed by atoms with Crippen molar-refractivity contribution in [1.82, 2.24) is 4.98 Å². The summed E-state index contributed by atoms with van der Waals surface area (Å²) in [7, 11) is 0. The van der Waals surface area contributed by atoms with Crippen molar-refractivity contribution in [1.29, 1.82) is 5.26 Å². The van der Waals surface area contributed by atoms with Gasteiger partial charge in [-0.05, 0) is 30.3 Å². The molecule has 4 aromatic rings. The number of nitriles is 1. The number of furan rings is 1. The molecular formula is C26H20N4O7S. The molecule has 0 unspecified atom stereocenters. The zero-order valence-electron chi connectivity index (χ0n) is 19.8. The molecule has 3 aromatic heterocycles. The molecule has 0 saturated carbocycles. The fraction of sp³-hybridized carbons (Fsp3) is 0.192. The first kappa shape index (κ1) is 24.9. The van der Waals surface area contributed by atoms with Gasteiger partial charge in [-0.1, -0.05) is 12.1 Å². The lowest BCUT2D eigenvalue weighted by atomic mass is 10.1. The first-order chi connectivity index (χ1) is 18.5. The molecule has 0 aliphatic carbocycles. The van der Waals surface area contributed by atoms with Gasteiger partial charge in [0, 0.05) is 35.5 Å². The molecule has 4 heterocycles. The van der Waals surface area contributed by atoms with E-state index in [4.69, 9.17) is 13.9 Å². The third-order valence-corrected chi connectivity index (χ3v) is 7.07. The predicted octanol–water partition coefficient (Wildman–Crippen LogP) is 4.96. The van der Waals surface area contributed by atoms with Crippen LogP contribution in [0.15, 0.2) is 58.5 Å². The number of aromatic carboxylic acids is 1. The molecule has 0 radical (unpaired) electrons. The molecule has 1 aliphatic heterocycles. The van der Waals surface area contributed by atoms with Crippen LogP contribution in [0.1, 0.15) is 21.0 Å². The van der Waals surface area contributed by atoms with Gasteiger partial charge >= 0.3 is 5.97 Å². The highest BCUT2D eigenvalue weighted by molar-refractivity contribution is 7.12. The van der Waals surface area contributed by atoms with Gasteiger partial charge in [-0.3, -0.25) is 10.1 Å². The maximum Gasteiger partial charge on any atom is 0.346 e. The molecule has 1 fully saturated rings. The molecule has 12 heteroatoms. The number of rotatable bonds is 8. The van der Waals surface area contributed by atoms with Crippen molar-refractivity contribution in [2.45, 2.75) is 6.61 Å². The Kier molecular flexibility index (Phi) is 7.03. The molecule has 38 heavy (non-hydrogen) atoms. The van der Waals surface area contributed by atoms with Crippen molar-refractivity contribution >= 4 is 28.7 Å². The molecule has 0 atom stereocenters. The molecule has 1 aromatic carbocycles. The predicted molar refractivity (Wildman–Crippen MR) is 137 cm³/mol. The van der Waals surface area contributed by atoms with Gasteiger partial charge in [0.1, 0.15) is 17.6 Å². The van der Waals surface area contributed by atoms with Crippen LogP contribution in [0.25, 0.3) is 22.4 Å². The largest absolute Gasteiger partial charge is 0.477 e. The minimum Gasteiger partial charge on any atom is -0.477 e. The number of anilines is 1. The second-order valence-electron chi connectivity index (χ2n) is 8.25. The molecule has 0 bridgehead atoms. The summed E-state index contributed by atoms with van der Waals surface area (Å²) in [6, 6.07) is 14.9. The second kappa shape index (κ2) is 10.7. The minimum atomic E-state index is -1.29. The van der Waals surface area contributed by atoms with Crippen LogP contribution in [-0.4, -0.2) is 47.3 Å². The van der Waals surface area contributed by atoms with E-state index < -0.39 is 17.5 Å². The van der Waals surface area contributed by atoms with E-state index in [1.54, 1.807) is 18.2 Å². The third kappa shape index (κ3) is 4.93. The SMILES string of the molecule is N#Cc1occc1-c1ccc(-c2ccc(N3CCOCC3)cc2)nc1OCc1c([N+](=O)[O-])csc1C(=O)O. The van der Waals surface area contributed by atoms with Crippen LogP contribution in [0.4, 0.5) is 11.4 Å². The fourth-order valence-corrected chi connectivity index (χ4v) is 5.04. The van der Waals surface area contributed by atoms with Crippen molar-refractivity contribution in [3.05, 3.63) is 80.4 Å². The van der Waals surface area contributed by atoms with E-state index in [0.29, 0.717) is 30.0 Å². The van der Waals surface area contributed by atoms with E-state index >= 15 is 0 Å². The van der Waals surface area contributed by atoms with Gasteiger partial charge in [-0.15, -0.1) is 11.3 Å². The fourth-order valence-electron chi connectivity index (χ4n) is 4.17. The molecule has 1 saturated heterocycles. The minimum absolute atomic E-state index is 0.0482. The zero-order chi connectivity index (χ0) is 26.6.